The van der Waals surface area contributed by atoms with E-state index in [4.69, 9.17) is 14.0 Å². The Bertz CT molecular complexity index is 1350. The predicted molar refractivity (Wildman–Crippen MR) is 117 cm³/mol. The van der Waals surface area contributed by atoms with Crippen molar-refractivity contribution >= 4 is 46.4 Å². The number of benzene rings is 1. The molecule has 196 valence electrons. The molecule has 5 atom stereocenters. The zero-order valence-electron chi connectivity index (χ0n) is 19.4. The Labute approximate surface area is 206 Å². The van der Waals surface area contributed by atoms with Gasteiger partial charge in [-0.05, 0) is 31.9 Å². The second kappa shape index (κ2) is 7.81. The van der Waals surface area contributed by atoms with Crippen LogP contribution in [0.1, 0.15) is 19.4 Å². The van der Waals surface area contributed by atoms with Gasteiger partial charge in [0.2, 0.25) is 11.8 Å². The van der Waals surface area contributed by atoms with E-state index in [-0.39, 0.29) is 34.5 Å². The number of urea groups is 1. The van der Waals surface area contributed by atoms with Crippen LogP contribution in [0.2, 0.25) is 0 Å². The third kappa shape index (κ3) is 3.09. The van der Waals surface area contributed by atoms with Gasteiger partial charge < -0.3 is 18.9 Å². The first-order chi connectivity index (χ1) is 17.5. The van der Waals surface area contributed by atoms with Gasteiger partial charge in [0.15, 0.2) is 23.1 Å². The molecule has 5 heterocycles. The van der Waals surface area contributed by atoms with Crippen LogP contribution in [0.15, 0.2) is 16.7 Å². The van der Waals surface area contributed by atoms with Crippen LogP contribution >= 0.6 is 0 Å². The minimum atomic E-state index is -2.93. The number of halogens is 3. The first-order valence-electron chi connectivity index (χ1n) is 11.5. The molecule has 3 saturated heterocycles. The highest BCUT2D eigenvalue weighted by Gasteiger charge is 2.64. The summed E-state index contributed by atoms with van der Waals surface area (Å²) in [4.78, 5) is 52.6. The van der Waals surface area contributed by atoms with Gasteiger partial charge in [-0.25, -0.2) is 27.7 Å². The molecule has 3 fully saturated rings. The number of nitrogens with zero attached hydrogens (tertiary/aromatic N) is 3. The highest BCUT2D eigenvalue weighted by molar-refractivity contribution is 6.20. The summed E-state index contributed by atoms with van der Waals surface area (Å²) in [5.74, 6) is -2.09. The van der Waals surface area contributed by atoms with Crippen LogP contribution in [0.3, 0.4) is 0 Å². The Morgan fingerprint density at radius 2 is 1.81 bits per heavy atom. The van der Waals surface area contributed by atoms with Crippen LogP contribution in [-0.2, 0) is 25.5 Å². The van der Waals surface area contributed by atoms with Gasteiger partial charge in [0.05, 0.1) is 17.5 Å². The SMILES string of the molecule is C[C@@H]1O[C@H](C)C(F)N2c3cc4onc(N5C(=O)OC[C@@H]5C(F)F)c4cc3CC3(C(=O)NC(=O)NC3=O)[C@@H]12. The van der Waals surface area contributed by atoms with Crippen molar-refractivity contribution in [1.82, 2.24) is 15.8 Å². The lowest BCUT2D eigenvalue weighted by Crippen LogP contribution is -2.76. The van der Waals surface area contributed by atoms with E-state index in [1.54, 1.807) is 6.92 Å². The summed E-state index contributed by atoms with van der Waals surface area (Å²) in [6, 6.07) is -0.923. The second-order valence-electron chi connectivity index (χ2n) is 9.49. The average molecular weight is 523 g/mol. The summed E-state index contributed by atoms with van der Waals surface area (Å²) in [5, 5.41) is 8.11. The Morgan fingerprint density at radius 1 is 1.11 bits per heavy atom. The van der Waals surface area contributed by atoms with Crippen molar-refractivity contribution < 1.29 is 46.3 Å². The van der Waals surface area contributed by atoms with E-state index in [0.717, 1.165) is 0 Å². The lowest BCUT2D eigenvalue weighted by atomic mass is 9.66. The van der Waals surface area contributed by atoms with Crippen molar-refractivity contribution in [3.63, 3.8) is 0 Å². The Kier molecular flexibility index (Phi) is 4.96. The summed E-state index contributed by atoms with van der Waals surface area (Å²) in [5.41, 5.74) is -1.36. The Morgan fingerprint density at radius 3 is 2.49 bits per heavy atom. The first-order valence-corrected chi connectivity index (χ1v) is 11.5. The number of cyclic esters (lactones) is 1. The number of rotatable bonds is 2. The molecule has 1 spiro atoms. The van der Waals surface area contributed by atoms with Crippen LogP contribution < -0.4 is 20.4 Å². The minimum absolute atomic E-state index is 0.0582. The van der Waals surface area contributed by atoms with Crippen molar-refractivity contribution in [3.8, 4) is 0 Å². The lowest BCUT2D eigenvalue weighted by Gasteiger charge is -2.56. The molecule has 37 heavy (non-hydrogen) atoms. The molecule has 12 nitrogen and oxygen atoms in total. The Hall–Kier alpha value is -3.88. The largest absolute Gasteiger partial charge is 0.447 e. The molecule has 0 saturated carbocycles. The molecule has 15 heteroatoms. The molecule has 0 aliphatic carbocycles. The smallest absolute Gasteiger partial charge is 0.416 e. The molecule has 1 aromatic carbocycles. The number of hydrogen-bond donors (Lipinski definition) is 2. The van der Waals surface area contributed by atoms with Gasteiger partial charge in [-0.3, -0.25) is 20.2 Å². The van der Waals surface area contributed by atoms with Gasteiger partial charge >= 0.3 is 12.1 Å². The quantitative estimate of drug-likeness (QED) is 0.443. The molecule has 2 aromatic rings. The summed E-state index contributed by atoms with van der Waals surface area (Å²) in [6.45, 7) is 2.54. The minimum Gasteiger partial charge on any atom is -0.447 e. The topological polar surface area (TPSA) is 143 Å². The number of imide groups is 2. The number of morpholine rings is 1. The maximum Gasteiger partial charge on any atom is 0.416 e. The van der Waals surface area contributed by atoms with Crippen LogP contribution in [0.5, 0.6) is 0 Å². The fourth-order valence-corrected chi connectivity index (χ4v) is 5.83. The van der Waals surface area contributed by atoms with E-state index in [0.29, 0.717) is 4.90 Å². The van der Waals surface area contributed by atoms with Crippen LogP contribution in [0, 0.1) is 5.41 Å². The fraction of sp³-hybridized carbons (Fsp3) is 0.500. The number of amides is 5. The molecule has 2 N–H and O–H groups in total. The number of alkyl halides is 3. The second-order valence-corrected chi connectivity index (χ2v) is 9.49. The number of ether oxygens (including phenoxy) is 2. The number of carbonyl (C=O) groups excluding carboxylic acids is 4. The summed E-state index contributed by atoms with van der Waals surface area (Å²) < 4.78 is 58.7. The molecular formula is C22H20F3N5O7. The van der Waals surface area contributed by atoms with Crippen molar-refractivity contribution in [3.05, 3.63) is 17.7 Å². The molecule has 4 aliphatic heterocycles. The summed E-state index contributed by atoms with van der Waals surface area (Å²) >= 11 is 0. The third-order valence-corrected chi connectivity index (χ3v) is 7.42. The normalized spacial score (nSPS) is 30.9. The molecule has 0 bridgehead atoms. The monoisotopic (exact) mass is 523 g/mol. The van der Waals surface area contributed by atoms with Crippen molar-refractivity contribution in [2.75, 3.05) is 16.4 Å². The highest BCUT2D eigenvalue weighted by Crippen LogP contribution is 2.50. The maximum atomic E-state index is 15.7. The van der Waals surface area contributed by atoms with Crippen molar-refractivity contribution in [2.24, 2.45) is 5.41 Å². The van der Waals surface area contributed by atoms with Gasteiger partial charge in [-0.15, -0.1) is 0 Å². The van der Waals surface area contributed by atoms with Crippen LogP contribution in [0.4, 0.5) is 34.3 Å². The number of anilines is 2. The third-order valence-electron chi connectivity index (χ3n) is 7.42. The van der Waals surface area contributed by atoms with Crippen molar-refractivity contribution in [1.29, 1.82) is 0 Å². The highest BCUT2D eigenvalue weighted by atomic mass is 19.3. The fourth-order valence-electron chi connectivity index (χ4n) is 5.83. The Balaban J connectivity index is 1.55. The zero-order valence-corrected chi connectivity index (χ0v) is 19.4. The molecule has 4 aliphatic rings. The van der Waals surface area contributed by atoms with E-state index >= 15 is 4.39 Å². The summed E-state index contributed by atoms with van der Waals surface area (Å²) in [6.07, 6.45) is -7.82. The zero-order chi connectivity index (χ0) is 26.4. The van der Waals surface area contributed by atoms with Gasteiger partial charge in [0.25, 0.3) is 6.43 Å². The van der Waals surface area contributed by atoms with E-state index < -0.39 is 73.0 Å². The molecule has 0 radical (unpaired) electrons. The number of fused-ring (bicyclic) bond motifs is 5. The predicted octanol–water partition coefficient (Wildman–Crippen LogP) is 1.60. The van der Waals surface area contributed by atoms with E-state index in [1.807, 2.05) is 0 Å². The van der Waals surface area contributed by atoms with Crippen LogP contribution in [0.25, 0.3) is 11.0 Å². The average Bonchev–Trinajstić information content (AvgIpc) is 3.41. The van der Waals surface area contributed by atoms with E-state index in [1.165, 1.54) is 24.0 Å². The summed E-state index contributed by atoms with van der Waals surface area (Å²) in [7, 11) is 0. The molecule has 6 rings (SSSR count). The maximum absolute atomic E-state index is 15.7. The molecular weight excluding hydrogens is 503 g/mol. The number of carbonyl (C=O) groups is 4. The number of nitrogens with one attached hydrogen (secondary N) is 2. The van der Waals surface area contributed by atoms with Gasteiger partial charge in [0, 0.05) is 11.8 Å². The number of hydrogen-bond acceptors (Lipinski definition) is 9. The van der Waals surface area contributed by atoms with Crippen molar-refractivity contribution in [2.45, 2.75) is 57.3 Å². The molecule has 1 unspecified atom stereocenters. The lowest BCUT2D eigenvalue weighted by molar-refractivity contribution is -0.159. The molecule has 5 amide bonds. The number of barbiturate groups is 1. The first kappa shape index (κ1) is 23.5. The molecule has 1 aromatic heterocycles. The van der Waals surface area contributed by atoms with Gasteiger partial charge in [0.1, 0.15) is 18.8 Å². The van der Waals surface area contributed by atoms with Crippen LogP contribution in [-0.4, -0.2) is 72.7 Å². The van der Waals surface area contributed by atoms with Gasteiger partial charge in [-0.2, -0.15) is 0 Å². The van der Waals surface area contributed by atoms with E-state index in [9.17, 15) is 28.0 Å². The van der Waals surface area contributed by atoms with Gasteiger partial charge in [-0.1, -0.05) is 5.16 Å². The van der Waals surface area contributed by atoms with E-state index in [2.05, 4.69) is 15.8 Å². The standard InChI is InChI=1S/C22H20F3N5O7/c1-7-14-22(18(31)26-20(33)27-19(22)32)5-9-3-10-13(4-11(9)29(14)16(25)8(2)36-7)37-28-17(10)30-12(15(23)24)6-35-21(30)34/h3-4,7-8,12,14-16H,5-6H2,1-2H3,(H2,26,27,31,32,33)/t7-,8+,12+,14+,16?/m0/s1. The number of aromatic nitrogens is 1.